The van der Waals surface area contributed by atoms with E-state index in [9.17, 15) is 17.6 Å². The van der Waals surface area contributed by atoms with Crippen LogP contribution < -0.4 is 5.32 Å². The lowest BCUT2D eigenvalue weighted by Gasteiger charge is -2.20. The number of hydrogen-bond donors (Lipinski definition) is 1. The average Bonchev–Trinajstić information content (AvgIpc) is 3.16. The van der Waals surface area contributed by atoms with Crippen LogP contribution >= 0.6 is 11.5 Å². The largest absolute Gasteiger partial charge is 0.297 e. The third-order valence-corrected chi connectivity index (χ3v) is 6.95. The van der Waals surface area contributed by atoms with Crippen LogP contribution in [0.15, 0.2) is 53.4 Å². The second-order valence-corrected chi connectivity index (χ2v) is 9.27. The molecule has 0 saturated heterocycles. The number of aromatic nitrogens is 2. The molecule has 7 nitrogen and oxygen atoms in total. The van der Waals surface area contributed by atoms with Gasteiger partial charge in [0.05, 0.1) is 4.90 Å². The number of halogens is 1. The molecule has 2 aromatic carbocycles. The highest BCUT2D eigenvalue weighted by atomic mass is 32.2. The highest BCUT2D eigenvalue weighted by Crippen LogP contribution is 2.22. The number of benzene rings is 2. The Balaban J connectivity index is 1.73. The van der Waals surface area contributed by atoms with Gasteiger partial charge < -0.3 is 0 Å². The Kier molecular flexibility index (Phi) is 6.06. The van der Waals surface area contributed by atoms with Gasteiger partial charge in [-0.1, -0.05) is 0 Å². The molecule has 0 aliphatic rings. The van der Waals surface area contributed by atoms with Gasteiger partial charge in [-0.15, -0.1) is 0 Å². The molecule has 3 aromatic rings. The monoisotopic (exact) mass is 434 g/mol. The fourth-order valence-electron chi connectivity index (χ4n) is 2.38. The van der Waals surface area contributed by atoms with Crippen LogP contribution in [0.5, 0.6) is 0 Å². The molecule has 1 heterocycles. The first kappa shape index (κ1) is 21.0. The molecule has 0 radical (unpaired) electrons. The maximum absolute atomic E-state index is 13.0. The number of amides is 1. The number of carbonyl (C=O) groups excluding carboxylic acids is 1. The predicted octanol–water partition coefficient (Wildman–Crippen LogP) is 3.63. The molecule has 0 unspecified atom stereocenters. The second-order valence-electron chi connectivity index (χ2n) is 6.52. The summed E-state index contributed by atoms with van der Waals surface area (Å²) in [5.41, 5.74) is 0.918. The van der Waals surface area contributed by atoms with E-state index in [0.717, 1.165) is 11.5 Å². The Labute approximate surface area is 172 Å². The summed E-state index contributed by atoms with van der Waals surface area (Å²) in [6.45, 7) is 3.56. The zero-order valence-electron chi connectivity index (χ0n) is 16.0. The van der Waals surface area contributed by atoms with Gasteiger partial charge in [0.15, 0.2) is 5.82 Å². The number of nitrogens with one attached hydrogen (secondary N) is 1. The van der Waals surface area contributed by atoms with Crippen molar-refractivity contribution in [3.8, 4) is 11.4 Å². The molecule has 152 valence electrons. The summed E-state index contributed by atoms with van der Waals surface area (Å²) in [7, 11) is -2.11. The molecular weight excluding hydrogens is 415 g/mol. The first-order valence-corrected chi connectivity index (χ1v) is 10.9. The third-order valence-electron chi connectivity index (χ3n) is 4.27. The standard InChI is InChI=1S/C19H19FN4O3S2/c1-12(2)24(3)29(26,27)16-10-6-14(7-11-16)18(25)22-19-21-17(23-28-19)13-4-8-15(20)9-5-13/h4-12H,1-3H3,(H,21,22,23,25). The molecular formula is C19H19FN4O3S2. The molecule has 3 rings (SSSR count). The van der Waals surface area contributed by atoms with E-state index in [0.29, 0.717) is 11.4 Å². The predicted molar refractivity (Wildman–Crippen MR) is 110 cm³/mol. The number of nitrogens with zero attached hydrogens (tertiary/aromatic N) is 3. The van der Waals surface area contributed by atoms with Crippen molar-refractivity contribution >= 4 is 32.6 Å². The van der Waals surface area contributed by atoms with E-state index in [2.05, 4.69) is 14.7 Å². The van der Waals surface area contributed by atoms with Crippen molar-refractivity contribution in [1.29, 1.82) is 0 Å². The summed E-state index contributed by atoms with van der Waals surface area (Å²) in [6.07, 6.45) is 0. The summed E-state index contributed by atoms with van der Waals surface area (Å²) in [5.74, 6) is -0.418. The van der Waals surface area contributed by atoms with Crippen LogP contribution in [-0.2, 0) is 10.0 Å². The van der Waals surface area contributed by atoms with Gasteiger partial charge in [-0.2, -0.15) is 13.7 Å². The molecule has 1 amide bonds. The highest BCUT2D eigenvalue weighted by molar-refractivity contribution is 7.89. The van der Waals surface area contributed by atoms with E-state index in [1.807, 2.05) is 0 Å². The topological polar surface area (TPSA) is 92.3 Å². The number of rotatable bonds is 6. The van der Waals surface area contributed by atoms with Crippen LogP contribution in [0.1, 0.15) is 24.2 Å². The molecule has 0 atom stereocenters. The lowest BCUT2D eigenvalue weighted by atomic mass is 10.2. The van der Waals surface area contributed by atoms with Crippen molar-refractivity contribution in [1.82, 2.24) is 13.7 Å². The maximum atomic E-state index is 13.0. The van der Waals surface area contributed by atoms with Crippen molar-refractivity contribution < 1.29 is 17.6 Å². The second kappa shape index (κ2) is 8.36. The van der Waals surface area contributed by atoms with Gasteiger partial charge in [0.25, 0.3) is 5.91 Å². The van der Waals surface area contributed by atoms with Gasteiger partial charge in [-0.05, 0) is 62.4 Å². The summed E-state index contributed by atoms with van der Waals surface area (Å²) in [5, 5.41) is 2.91. The first-order chi connectivity index (χ1) is 13.7. The Morgan fingerprint density at radius 3 is 2.31 bits per heavy atom. The first-order valence-electron chi connectivity index (χ1n) is 8.67. The number of sulfonamides is 1. The van der Waals surface area contributed by atoms with Gasteiger partial charge in [0.1, 0.15) is 5.82 Å². The normalized spacial score (nSPS) is 11.8. The number of anilines is 1. The van der Waals surface area contributed by atoms with Crippen molar-refractivity contribution in [3.05, 3.63) is 59.9 Å². The molecule has 1 aromatic heterocycles. The van der Waals surface area contributed by atoms with Crippen molar-refractivity contribution in [2.24, 2.45) is 0 Å². The Bertz CT molecular complexity index is 1110. The van der Waals surface area contributed by atoms with E-state index < -0.39 is 15.9 Å². The fourth-order valence-corrected chi connectivity index (χ4v) is 4.33. The van der Waals surface area contributed by atoms with Crippen LogP contribution in [-0.4, -0.2) is 41.1 Å². The zero-order valence-corrected chi connectivity index (χ0v) is 17.6. The van der Waals surface area contributed by atoms with Crippen molar-refractivity contribution in [3.63, 3.8) is 0 Å². The van der Waals surface area contributed by atoms with E-state index in [1.54, 1.807) is 26.0 Å². The molecule has 0 aliphatic heterocycles. The minimum absolute atomic E-state index is 0.111. The van der Waals surface area contributed by atoms with Gasteiger partial charge in [-0.25, -0.2) is 12.8 Å². The summed E-state index contributed by atoms with van der Waals surface area (Å²) in [6, 6.07) is 11.2. The van der Waals surface area contributed by atoms with Crippen molar-refractivity contribution in [2.45, 2.75) is 24.8 Å². The minimum Gasteiger partial charge on any atom is -0.297 e. The van der Waals surface area contributed by atoms with Gasteiger partial charge in [0, 0.05) is 35.7 Å². The van der Waals surface area contributed by atoms with Crippen LogP contribution in [0.25, 0.3) is 11.4 Å². The fraction of sp³-hybridized carbons (Fsp3) is 0.211. The Morgan fingerprint density at radius 1 is 1.10 bits per heavy atom. The highest BCUT2D eigenvalue weighted by Gasteiger charge is 2.23. The minimum atomic E-state index is -3.62. The Hall–Kier alpha value is -2.69. The van der Waals surface area contributed by atoms with Gasteiger partial charge in [-0.3, -0.25) is 10.1 Å². The summed E-state index contributed by atoms with van der Waals surface area (Å²) in [4.78, 5) is 16.8. The smallest absolute Gasteiger partial charge is 0.257 e. The van der Waals surface area contributed by atoms with Crippen LogP contribution in [0.3, 0.4) is 0 Å². The molecule has 0 bridgehead atoms. The molecule has 1 N–H and O–H groups in total. The molecule has 0 spiro atoms. The van der Waals surface area contributed by atoms with E-state index in [-0.39, 0.29) is 27.4 Å². The average molecular weight is 435 g/mol. The van der Waals surface area contributed by atoms with Gasteiger partial charge >= 0.3 is 0 Å². The Morgan fingerprint density at radius 2 is 1.72 bits per heavy atom. The molecule has 0 saturated carbocycles. The van der Waals surface area contributed by atoms with Crippen molar-refractivity contribution in [2.75, 3.05) is 12.4 Å². The lowest BCUT2D eigenvalue weighted by Crippen LogP contribution is -2.33. The summed E-state index contributed by atoms with van der Waals surface area (Å²) < 4.78 is 43.4. The van der Waals surface area contributed by atoms with E-state index >= 15 is 0 Å². The maximum Gasteiger partial charge on any atom is 0.257 e. The number of carbonyl (C=O) groups is 1. The SMILES string of the molecule is CC(C)N(C)S(=O)(=O)c1ccc(C(=O)Nc2nc(-c3ccc(F)cc3)ns2)cc1. The van der Waals surface area contributed by atoms with Gasteiger partial charge in [0.2, 0.25) is 15.2 Å². The van der Waals surface area contributed by atoms with E-state index in [4.69, 9.17) is 0 Å². The van der Waals surface area contributed by atoms with Crippen LogP contribution in [0.4, 0.5) is 9.52 Å². The summed E-state index contributed by atoms with van der Waals surface area (Å²) >= 11 is 0.997. The lowest BCUT2D eigenvalue weighted by molar-refractivity contribution is 0.102. The zero-order chi connectivity index (χ0) is 21.2. The van der Waals surface area contributed by atoms with Crippen LogP contribution in [0, 0.1) is 5.82 Å². The quantitative estimate of drug-likeness (QED) is 0.640. The molecule has 29 heavy (non-hydrogen) atoms. The molecule has 0 fully saturated rings. The van der Waals surface area contributed by atoms with E-state index in [1.165, 1.54) is 47.8 Å². The number of hydrogen-bond acceptors (Lipinski definition) is 6. The third kappa shape index (κ3) is 4.66. The van der Waals surface area contributed by atoms with Crippen LogP contribution in [0.2, 0.25) is 0 Å². The molecule has 10 heteroatoms. The molecule has 0 aliphatic carbocycles.